The standard InChI is InChI=1S/C20H28N4O2/c1-3-4-16-24-19(25)13-12-18(22-24)20(26)21-14-8-9-15-23(2)17-10-6-5-7-11-17/h5-7,10-13H,3-4,8-9,14-16H2,1-2H3,(H,21,26). The molecule has 1 aromatic heterocycles. The second kappa shape index (κ2) is 10.4. The number of nitrogens with zero attached hydrogens (tertiary/aromatic N) is 3. The number of para-hydroxylation sites is 1. The summed E-state index contributed by atoms with van der Waals surface area (Å²) < 4.78 is 1.37. The van der Waals surface area contributed by atoms with Gasteiger partial charge in [0.15, 0.2) is 0 Å². The second-order valence-electron chi connectivity index (χ2n) is 6.35. The Bertz CT molecular complexity index is 743. The summed E-state index contributed by atoms with van der Waals surface area (Å²) >= 11 is 0. The van der Waals surface area contributed by atoms with Crippen LogP contribution in [0.1, 0.15) is 43.1 Å². The van der Waals surface area contributed by atoms with E-state index in [1.165, 1.54) is 22.5 Å². The normalized spacial score (nSPS) is 10.5. The van der Waals surface area contributed by atoms with E-state index >= 15 is 0 Å². The molecule has 0 atom stereocenters. The monoisotopic (exact) mass is 356 g/mol. The topological polar surface area (TPSA) is 67.2 Å². The molecule has 0 saturated carbocycles. The summed E-state index contributed by atoms with van der Waals surface area (Å²) in [6, 6.07) is 13.1. The quantitative estimate of drug-likeness (QED) is 0.665. The number of rotatable bonds is 10. The van der Waals surface area contributed by atoms with Crippen LogP contribution in [0, 0.1) is 0 Å². The van der Waals surface area contributed by atoms with Gasteiger partial charge in [-0.2, -0.15) is 5.10 Å². The Kier molecular flexibility index (Phi) is 7.86. The summed E-state index contributed by atoms with van der Waals surface area (Å²) in [5.41, 5.74) is 1.32. The molecule has 1 heterocycles. The Morgan fingerprint density at radius 2 is 1.88 bits per heavy atom. The Balaban J connectivity index is 1.74. The number of nitrogens with one attached hydrogen (secondary N) is 1. The lowest BCUT2D eigenvalue weighted by atomic mass is 10.2. The summed E-state index contributed by atoms with van der Waals surface area (Å²) in [5.74, 6) is -0.230. The molecule has 26 heavy (non-hydrogen) atoms. The van der Waals surface area contributed by atoms with Gasteiger partial charge in [-0.3, -0.25) is 9.59 Å². The summed E-state index contributed by atoms with van der Waals surface area (Å²) in [6.45, 7) is 4.12. The largest absolute Gasteiger partial charge is 0.375 e. The van der Waals surface area contributed by atoms with E-state index in [0.29, 0.717) is 18.8 Å². The van der Waals surface area contributed by atoms with Gasteiger partial charge in [0.2, 0.25) is 0 Å². The average molecular weight is 356 g/mol. The van der Waals surface area contributed by atoms with Gasteiger partial charge in [0, 0.05) is 38.4 Å². The molecule has 140 valence electrons. The zero-order valence-electron chi connectivity index (χ0n) is 15.6. The lowest BCUT2D eigenvalue weighted by molar-refractivity contribution is 0.0945. The predicted molar refractivity (Wildman–Crippen MR) is 105 cm³/mol. The molecule has 2 aromatic rings. The molecule has 0 bridgehead atoms. The fourth-order valence-electron chi connectivity index (χ4n) is 2.62. The Hall–Kier alpha value is -2.63. The Morgan fingerprint density at radius 3 is 2.62 bits per heavy atom. The first-order chi connectivity index (χ1) is 12.6. The van der Waals surface area contributed by atoms with Crippen LogP contribution in [-0.4, -0.2) is 35.8 Å². The highest BCUT2D eigenvalue weighted by Gasteiger charge is 2.09. The van der Waals surface area contributed by atoms with Gasteiger partial charge in [0.05, 0.1) is 0 Å². The number of aryl methyl sites for hydroxylation is 1. The molecule has 0 aliphatic carbocycles. The average Bonchev–Trinajstić information content (AvgIpc) is 2.67. The van der Waals surface area contributed by atoms with Gasteiger partial charge in [-0.1, -0.05) is 31.5 Å². The van der Waals surface area contributed by atoms with Gasteiger partial charge in [-0.25, -0.2) is 4.68 Å². The van der Waals surface area contributed by atoms with Gasteiger partial charge in [-0.15, -0.1) is 0 Å². The first-order valence-electron chi connectivity index (χ1n) is 9.24. The SMILES string of the molecule is CCCCn1nc(C(=O)NCCCCN(C)c2ccccc2)ccc1=O. The molecule has 6 heteroatoms. The first kappa shape index (κ1) is 19.7. The number of benzene rings is 1. The molecule has 0 fully saturated rings. The molecular formula is C20H28N4O2. The van der Waals surface area contributed by atoms with Crippen molar-refractivity contribution in [3.63, 3.8) is 0 Å². The third-order valence-corrected chi connectivity index (χ3v) is 4.23. The zero-order valence-corrected chi connectivity index (χ0v) is 15.6. The number of amides is 1. The van der Waals surface area contributed by atoms with Crippen molar-refractivity contribution in [1.82, 2.24) is 15.1 Å². The number of unbranched alkanes of at least 4 members (excludes halogenated alkanes) is 2. The molecule has 0 spiro atoms. The maximum atomic E-state index is 12.2. The Morgan fingerprint density at radius 1 is 1.12 bits per heavy atom. The van der Waals surface area contributed by atoms with Gasteiger partial charge in [0.1, 0.15) is 5.69 Å². The molecule has 0 unspecified atom stereocenters. The third-order valence-electron chi connectivity index (χ3n) is 4.23. The van der Waals surface area contributed by atoms with Crippen LogP contribution in [0.2, 0.25) is 0 Å². The van der Waals surface area contributed by atoms with E-state index in [4.69, 9.17) is 0 Å². The van der Waals surface area contributed by atoms with Crippen LogP contribution in [0.3, 0.4) is 0 Å². The molecule has 0 aliphatic rings. The van der Waals surface area contributed by atoms with E-state index < -0.39 is 0 Å². The van der Waals surface area contributed by atoms with E-state index in [0.717, 1.165) is 32.2 Å². The molecule has 0 aliphatic heterocycles. The van der Waals surface area contributed by atoms with E-state index in [9.17, 15) is 9.59 Å². The molecule has 0 saturated heterocycles. The number of aromatic nitrogens is 2. The van der Waals surface area contributed by atoms with Crippen LogP contribution in [0.4, 0.5) is 5.69 Å². The summed E-state index contributed by atoms with van der Waals surface area (Å²) in [7, 11) is 2.07. The minimum atomic E-state index is -0.230. The third kappa shape index (κ3) is 6.02. The van der Waals surface area contributed by atoms with Crippen molar-refractivity contribution in [1.29, 1.82) is 0 Å². The van der Waals surface area contributed by atoms with Crippen molar-refractivity contribution >= 4 is 11.6 Å². The summed E-state index contributed by atoms with van der Waals surface area (Å²) in [4.78, 5) is 26.1. The van der Waals surface area contributed by atoms with Crippen molar-refractivity contribution in [2.45, 2.75) is 39.2 Å². The van der Waals surface area contributed by atoms with Crippen LogP contribution in [0.5, 0.6) is 0 Å². The van der Waals surface area contributed by atoms with Crippen molar-refractivity contribution in [3.8, 4) is 0 Å². The lowest BCUT2D eigenvalue weighted by Crippen LogP contribution is -2.30. The molecule has 1 amide bonds. The van der Waals surface area contributed by atoms with Crippen molar-refractivity contribution in [2.75, 3.05) is 25.0 Å². The molecular weight excluding hydrogens is 328 g/mol. The van der Waals surface area contributed by atoms with Crippen molar-refractivity contribution < 1.29 is 4.79 Å². The van der Waals surface area contributed by atoms with Crippen molar-refractivity contribution in [3.05, 3.63) is 58.5 Å². The maximum Gasteiger partial charge on any atom is 0.271 e. The van der Waals surface area contributed by atoms with Crippen LogP contribution in [-0.2, 0) is 6.54 Å². The molecule has 2 rings (SSSR count). The lowest BCUT2D eigenvalue weighted by Gasteiger charge is -2.19. The highest BCUT2D eigenvalue weighted by Crippen LogP contribution is 2.11. The van der Waals surface area contributed by atoms with Gasteiger partial charge in [-0.05, 0) is 37.5 Å². The highest BCUT2D eigenvalue weighted by atomic mass is 16.2. The van der Waals surface area contributed by atoms with E-state index in [-0.39, 0.29) is 11.5 Å². The number of hydrogen-bond donors (Lipinski definition) is 1. The number of carbonyl (C=O) groups excluding carboxylic acids is 1. The molecule has 1 aromatic carbocycles. The number of hydrogen-bond acceptors (Lipinski definition) is 4. The number of carbonyl (C=O) groups is 1. The van der Waals surface area contributed by atoms with Crippen LogP contribution >= 0.6 is 0 Å². The Labute approximate surface area is 154 Å². The smallest absolute Gasteiger partial charge is 0.271 e. The van der Waals surface area contributed by atoms with Crippen molar-refractivity contribution in [2.24, 2.45) is 0 Å². The van der Waals surface area contributed by atoms with Crippen LogP contribution in [0.25, 0.3) is 0 Å². The van der Waals surface area contributed by atoms with Gasteiger partial charge < -0.3 is 10.2 Å². The predicted octanol–water partition coefficient (Wildman–Crippen LogP) is 2.69. The zero-order chi connectivity index (χ0) is 18.8. The van der Waals surface area contributed by atoms with Gasteiger partial charge in [0.25, 0.3) is 11.5 Å². The minimum Gasteiger partial charge on any atom is -0.375 e. The highest BCUT2D eigenvalue weighted by molar-refractivity contribution is 5.91. The summed E-state index contributed by atoms with van der Waals surface area (Å²) in [6.07, 6.45) is 3.71. The van der Waals surface area contributed by atoms with E-state index in [1.807, 2.05) is 18.2 Å². The summed E-state index contributed by atoms with van der Waals surface area (Å²) in [5, 5.41) is 7.04. The minimum absolute atomic E-state index is 0.168. The van der Waals surface area contributed by atoms with Gasteiger partial charge >= 0.3 is 0 Å². The molecule has 1 N–H and O–H groups in total. The first-order valence-corrected chi connectivity index (χ1v) is 9.24. The fourth-order valence-corrected chi connectivity index (χ4v) is 2.62. The maximum absolute atomic E-state index is 12.2. The van der Waals surface area contributed by atoms with Crippen LogP contribution in [0.15, 0.2) is 47.3 Å². The fraction of sp³-hybridized carbons (Fsp3) is 0.450. The van der Waals surface area contributed by atoms with E-state index in [2.05, 4.69) is 41.4 Å². The molecule has 0 radical (unpaired) electrons. The van der Waals surface area contributed by atoms with Crippen LogP contribution < -0.4 is 15.8 Å². The second-order valence-corrected chi connectivity index (χ2v) is 6.35. The van der Waals surface area contributed by atoms with E-state index in [1.54, 1.807) is 0 Å². The number of anilines is 1. The molecule has 6 nitrogen and oxygen atoms in total.